The Morgan fingerprint density at radius 3 is 2.96 bits per heavy atom. The van der Waals surface area contributed by atoms with Gasteiger partial charge < -0.3 is 15.1 Å². The highest BCUT2D eigenvalue weighted by molar-refractivity contribution is 5.94. The molecule has 0 bridgehead atoms. The van der Waals surface area contributed by atoms with E-state index in [1.54, 1.807) is 0 Å². The molecule has 3 aliphatic rings. The van der Waals surface area contributed by atoms with Gasteiger partial charge in [-0.3, -0.25) is 9.89 Å². The van der Waals surface area contributed by atoms with Gasteiger partial charge >= 0.3 is 0 Å². The second-order valence-electron chi connectivity index (χ2n) is 8.06. The second-order valence-corrected chi connectivity index (χ2v) is 8.06. The van der Waals surface area contributed by atoms with Crippen molar-refractivity contribution in [2.45, 2.75) is 58.0 Å². The third-order valence-corrected chi connectivity index (χ3v) is 6.25. The van der Waals surface area contributed by atoms with Crippen LogP contribution in [0.5, 0.6) is 0 Å². The number of amides is 1. The van der Waals surface area contributed by atoms with E-state index in [9.17, 15) is 4.79 Å². The van der Waals surface area contributed by atoms with Crippen molar-refractivity contribution in [3.05, 3.63) is 17.0 Å². The topological polar surface area (TPSA) is 64.3 Å². The lowest BCUT2D eigenvalue weighted by Gasteiger charge is -2.39. The predicted molar refractivity (Wildman–Crippen MR) is 105 cm³/mol. The largest absolute Gasteiger partial charge is 0.337 e. The van der Waals surface area contributed by atoms with Crippen LogP contribution in [0.15, 0.2) is 0 Å². The summed E-state index contributed by atoms with van der Waals surface area (Å²) in [4.78, 5) is 17.7. The van der Waals surface area contributed by atoms with Crippen molar-refractivity contribution in [1.29, 1.82) is 0 Å². The lowest BCUT2D eigenvalue weighted by Crippen LogP contribution is -2.47. The van der Waals surface area contributed by atoms with E-state index >= 15 is 0 Å². The first-order valence-electron chi connectivity index (χ1n) is 10.0. The van der Waals surface area contributed by atoms with E-state index in [0.717, 1.165) is 56.8 Å². The summed E-state index contributed by atoms with van der Waals surface area (Å²) < 4.78 is 0. The highest BCUT2D eigenvalue weighted by Gasteiger charge is 2.31. The SMILES string of the molecule is CC1CCCCN1CC1CCCN(C(=O)c2n[nH]c3c2CNCC3)C1.Cl. The van der Waals surface area contributed by atoms with Crippen molar-refractivity contribution in [1.82, 2.24) is 25.3 Å². The van der Waals surface area contributed by atoms with Crippen LogP contribution in [-0.2, 0) is 13.0 Å². The summed E-state index contributed by atoms with van der Waals surface area (Å²) in [5, 5.41) is 10.8. The van der Waals surface area contributed by atoms with E-state index in [2.05, 4.69) is 27.3 Å². The molecule has 2 saturated heterocycles. The van der Waals surface area contributed by atoms with E-state index in [1.165, 1.54) is 32.2 Å². The van der Waals surface area contributed by atoms with Crippen LogP contribution in [0.2, 0.25) is 0 Å². The number of likely N-dealkylation sites (tertiary alicyclic amines) is 2. The number of aromatic amines is 1. The molecule has 2 N–H and O–H groups in total. The van der Waals surface area contributed by atoms with E-state index in [0.29, 0.717) is 17.7 Å². The van der Waals surface area contributed by atoms with Gasteiger partial charge in [-0.25, -0.2) is 0 Å². The molecule has 0 saturated carbocycles. The molecule has 3 aliphatic heterocycles. The van der Waals surface area contributed by atoms with Crippen molar-refractivity contribution < 1.29 is 4.79 Å². The first kappa shape index (κ1) is 19.6. The number of hydrogen-bond acceptors (Lipinski definition) is 4. The highest BCUT2D eigenvalue weighted by atomic mass is 35.5. The minimum absolute atomic E-state index is 0. The van der Waals surface area contributed by atoms with E-state index in [4.69, 9.17) is 0 Å². The quantitative estimate of drug-likeness (QED) is 0.842. The van der Waals surface area contributed by atoms with Gasteiger partial charge in [-0.05, 0) is 45.1 Å². The van der Waals surface area contributed by atoms with Gasteiger partial charge in [0.2, 0.25) is 0 Å². The zero-order valence-electron chi connectivity index (χ0n) is 15.8. The molecule has 4 rings (SSSR count). The molecule has 1 amide bonds. The Labute approximate surface area is 162 Å². The molecule has 146 valence electrons. The van der Waals surface area contributed by atoms with Gasteiger partial charge in [0.15, 0.2) is 5.69 Å². The summed E-state index contributed by atoms with van der Waals surface area (Å²) in [5.41, 5.74) is 2.87. The minimum atomic E-state index is 0. The monoisotopic (exact) mass is 381 g/mol. The van der Waals surface area contributed by atoms with E-state index in [1.807, 2.05) is 4.90 Å². The van der Waals surface area contributed by atoms with Crippen molar-refractivity contribution in [3.8, 4) is 0 Å². The van der Waals surface area contributed by atoms with Crippen LogP contribution in [0.4, 0.5) is 0 Å². The fraction of sp³-hybridized carbons (Fsp3) is 0.789. The molecule has 1 aromatic rings. The van der Waals surface area contributed by atoms with Gasteiger partial charge in [0.25, 0.3) is 5.91 Å². The molecule has 2 unspecified atom stereocenters. The molecule has 7 heteroatoms. The summed E-state index contributed by atoms with van der Waals surface area (Å²) in [6, 6.07) is 0.698. The van der Waals surface area contributed by atoms with E-state index in [-0.39, 0.29) is 18.3 Å². The van der Waals surface area contributed by atoms with Crippen LogP contribution in [-0.4, -0.2) is 64.7 Å². The van der Waals surface area contributed by atoms with Crippen molar-refractivity contribution in [3.63, 3.8) is 0 Å². The molecule has 6 nitrogen and oxygen atoms in total. The Kier molecular flexibility index (Phi) is 6.59. The van der Waals surface area contributed by atoms with Gasteiger partial charge in [0.1, 0.15) is 0 Å². The maximum absolute atomic E-state index is 13.0. The summed E-state index contributed by atoms with van der Waals surface area (Å²) >= 11 is 0. The van der Waals surface area contributed by atoms with Gasteiger partial charge in [0.05, 0.1) is 0 Å². The molecular formula is C19H32ClN5O. The Bertz CT molecular complexity index is 619. The summed E-state index contributed by atoms with van der Waals surface area (Å²) in [5.74, 6) is 0.726. The lowest BCUT2D eigenvalue weighted by atomic mass is 9.94. The van der Waals surface area contributed by atoms with Crippen LogP contribution in [0.3, 0.4) is 0 Å². The number of nitrogens with one attached hydrogen (secondary N) is 2. The van der Waals surface area contributed by atoms with Gasteiger partial charge in [-0.2, -0.15) is 5.10 Å². The number of H-pyrrole nitrogens is 1. The van der Waals surface area contributed by atoms with Crippen LogP contribution in [0.25, 0.3) is 0 Å². The first-order chi connectivity index (χ1) is 12.2. The molecule has 2 atom stereocenters. The Morgan fingerprint density at radius 2 is 2.12 bits per heavy atom. The summed E-state index contributed by atoms with van der Waals surface area (Å²) in [7, 11) is 0. The number of halogens is 1. The molecule has 2 fully saturated rings. The standard InChI is InChI=1S/C19H31N5O.ClH/c1-14-5-2-3-9-23(14)12-15-6-4-10-24(13-15)19(25)18-16-11-20-8-7-17(16)21-22-18;/h14-15,20H,2-13H2,1H3,(H,21,22);1H. The van der Waals surface area contributed by atoms with Crippen molar-refractivity contribution in [2.75, 3.05) is 32.7 Å². The predicted octanol–water partition coefficient (Wildman–Crippen LogP) is 2.20. The van der Waals surface area contributed by atoms with Crippen LogP contribution in [0, 0.1) is 5.92 Å². The molecule has 4 heterocycles. The fourth-order valence-corrected chi connectivity index (χ4v) is 4.71. The molecular weight excluding hydrogens is 350 g/mol. The maximum Gasteiger partial charge on any atom is 0.274 e. The molecule has 26 heavy (non-hydrogen) atoms. The average molecular weight is 382 g/mol. The summed E-state index contributed by atoms with van der Waals surface area (Å²) in [6.45, 7) is 8.21. The number of carbonyl (C=O) groups excluding carboxylic acids is 1. The number of piperidine rings is 2. The Hall–Kier alpha value is -1.11. The van der Waals surface area contributed by atoms with Crippen LogP contribution >= 0.6 is 12.4 Å². The normalized spacial score (nSPS) is 26.9. The molecule has 0 aromatic carbocycles. The number of carbonyl (C=O) groups is 1. The number of nitrogens with zero attached hydrogens (tertiary/aromatic N) is 3. The number of rotatable bonds is 3. The van der Waals surface area contributed by atoms with Gasteiger partial charge in [-0.15, -0.1) is 12.4 Å². The number of hydrogen-bond donors (Lipinski definition) is 2. The third-order valence-electron chi connectivity index (χ3n) is 6.25. The van der Waals surface area contributed by atoms with Gasteiger partial charge in [-0.1, -0.05) is 6.42 Å². The third kappa shape index (κ3) is 4.07. The van der Waals surface area contributed by atoms with Crippen LogP contribution < -0.4 is 5.32 Å². The van der Waals surface area contributed by atoms with E-state index < -0.39 is 0 Å². The Balaban J connectivity index is 0.00000196. The first-order valence-corrected chi connectivity index (χ1v) is 10.0. The number of fused-ring (bicyclic) bond motifs is 1. The second kappa shape index (κ2) is 8.72. The number of aromatic nitrogens is 2. The van der Waals surface area contributed by atoms with Crippen molar-refractivity contribution >= 4 is 18.3 Å². The fourth-order valence-electron chi connectivity index (χ4n) is 4.71. The average Bonchev–Trinajstić information content (AvgIpc) is 3.07. The molecule has 1 aromatic heterocycles. The lowest BCUT2D eigenvalue weighted by molar-refractivity contribution is 0.0588. The maximum atomic E-state index is 13.0. The smallest absolute Gasteiger partial charge is 0.274 e. The summed E-state index contributed by atoms with van der Waals surface area (Å²) in [6.07, 6.45) is 7.31. The van der Waals surface area contributed by atoms with Gasteiger partial charge in [0, 0.05) is 56.4 Å². The highest BCUT2D eigenvalue weighted by Crippen LogP contribution is 2.25. The zero-order chi connectivity index (χ0) is 17.2. The molecule has 0 spiro atoms. The zero-order valence-corrected chi connectivity index (χ0v) is 16.6. The Morgan fingerprint density at radius 1 is 1.23 bits per heavy atom. The van der Waals surface area contributed by atoms with Crippen molar-refractivity contribution in [2.24, 2.45) is 5.92 Å². The molecule has 0 aliphatic carbocycles. The van der Waals surface area contributed by atoms with Crippen LogP contribution in [0.1, 0.15) is 60.8 Å². The molecule has 0 radical (unpaired) electrons. The minimum Gasteiger partial charge on any atom is -0.337 e.